The lowest BCUT2D eigenvalue weighted by Gasteiger charge is -2.10. The topological polar surface area (TPSA) is 75.1 Å². The average molecular weight is 238 g/mol. The van der Waals surface area contributed by atoms with Crippen molar-refractivity contribution in [1.82, 2.24) is 9.55 Å². The van der Waals surface area contributed by atoms with E-state index in [1.807, 2.05) is 0 Å². The van der Waals surface area contributed by atoms with Gasteiger partial charge in [-0.1, -0.05) is 25.7 Å². The molecule has 0 saturated heterocycles. The van der Waals surface area contributed by atoms with Crippen LogP contribution in [-0.4, -0.2) is 14.7 Å². The normalized spacial score (nSPS) is 16.5. The number of hydrogen-bond acceptors (Lipinski definition) is 3. The lowest BCUT2D eigenvalue weighted by atomic mass is 10.0. The van der Waals surface area contributed by atoms with Crippen molar-refractivity contribution in [3.05, 3.63) is 26.9 Å². The van der Waals surface area contributed by atoms with Gasteiger partial charge in [0, 0.05) is 6.54 Å². The van der Waals surface area contributed by atoms with E-state index in [-0.39, 0.29) is 5.88 Å². The number of aromatic amines is 1. The van der Waals surface area contributed by atoms with E-state index in [1.165, 1.54) is 30.3 Å². The van der Waals surface area contributed by atoms with Crippen LogP contribution in [0.25, 0.3) is 0 Å². The minimum atomic E-state index is -0.556. The van der Waals surface area contributed by atoms with Gasteiger partial charge in [-0.15, -0.1) is 0 Å². The molecule has 1 heterocycles. The van der Waals surface area contributed by atoms with Crippen LogP contribution in [0.4, 0.5) is 0 Å². The van der Waals surface area contributed by atoms with Crippen molar-refractivity contribution < 1.29 is 5.11 Å². The Morgan fingerprint density at radius 2 is 2.06 bits per heavy atom. The molecular weight excluding hydrogens is 220 g/mol. The van der Waals surface area contributed by atoms with E-state index in [4.69, 9.17) is 0 Å². The van der Waals surface area contributed by atoms with Crippen molar-refractivity contribution in [2.75, 3.05) is 0 Å². The van der Waals surface area contributed by atoms with Crippen LogP contribution in [0.2, 0.25) is 0 Å². The van der Waals surface area contributed by atoms with Crippen molar-refractivity contribution in [3.63, 3.8) is 0 Å². The molecule has 0 bridgehead atoms. The smallest absolute Gasteiger partial charge is 0.331 e. The molecular formula is C12H18N2O3. The largest absolute Gasteiger partial charge is 0.494 e. The summed E-state index contributed by atoms with van der Waals surface area (Å²) in [5.41, 5.74) is -1.08. The molecule has 0 aliphatic heterocycles. The first-order valence-electron chi connectivity index (χ1n) is 6.20. The molecule has 1 saturated carbocycles. The third-order valence-corrected chi connectivity index (χ3v) is 3.48. The molecule has 2 N–H and O–H groups in total. The molecule has 5 nitrogen and oxygen atoms in total. The van der Waals surface area contributed by atoms with E-state index in [0.717, 1.165) is 24.8 Å². The van der Waals surface area contributed by atoms with Gasteiger partial charge in [0.2, 0.25) is 5.88 Å². The first kappa shape index (κ1) is 12.0. The van der Waals surface area contributed by atoms with Gasteiger partial charge < -0.3 is 5.11 Å². The summed E-state index contributed by atoms with van der Waals surface area (Å²) in [6, 6.07) is 1.04. The van der Waals surface area contributed by atoms with Gasteiger partial charge in [0.25, 0.3) is 5.56 Å². The molecule has 1 aliphatic carbocycles. The number of hydrogen-bond donors (Lipinski definition) is 2. The van der Waals surface area contributed by atoms with Crippen LogP contribution >= 0.6 is 0 Å². The molecule has 1 aromatic rings. The molecule has 1 aromatic heterocycles. The first-order valence-corrected chi connectivity index (χ1v) is 6.20. The standard InChI is InChI=1S/C12H18N2O3/c15-10-8-11(16)14(12(17)13-10)7-3-6-9-4-1-2-5-9/h8-9,16H,1-7H2,(H,13,15,17). The molecule has 0 amide bonds. The third kappa shape index (κ3) is 2.99. The summed E-state index contributed by atoms with van der Waals surface area (Å²) in [5, 5.41) is 9.51. The summed E-state index contributed by atoms with van der Waals surface area (Å²) in [6.45, 7) is 0.470. The SMILES string of the molecule is O=c1cc(O)n(CCCC2CCCC2)c(=O)[nH]1. The van der Waals surface area contributed by atoms with E-state index in [9.17, 15) is 14.7 Å². The minimum absolute atomic E-state index is 0.245. The zero-order valence-electron chi connectivity index (χ0n) is 9.82. The maximum Gasteiger partial charge on any atom is 0.331 e. The van der Waals surface area contributed by atoms with Crippen LogP contribution in [0.1, 0.15) is 38.5 Å². The first-order chi connectivity index (χ1) is 8.16. The van der Waals surface area contributed by atoms with Gasteiger partial charge in [0.1, 0.15) is 0 Å². The number of nitrogens with one attached hydrogen (secondary N) is 1. The van der Waals surface area contributed by atoms with Crippen molar-refractivity contribution in [2.45, 2.75) is 45.1 Å². The summed E-state index contributed by atoms with van der Waals surface area (Å²) in [6.07, 6.45) is 7.15. The second-order valence-corrected chi connectivity index (χ2v) is 4.74. The maximum absolute atomic E-state index is 11.4. The van der Waals surface area contributed by atoms with E-state index in [0.29, 0.717) is 6.54 Å². The minimum Gasteiger partial charge on any atom is -0.494 e. The fraction of sp³-hybridized carbons (Fsp3) is 0.667. The van der Waals surface area contributed by atoms with Gasteiger partial charge >= 0.3 is 5.69 Å². The molecule has 0 radical (unpaired) electrons. The fourth-order valence-corrected chi connectivity index (χ4v) is 2.56. The molecule has 0 spiro atoms. The zero-order valence-corrected chi connectivity index (χ0v) is 9.82. The number of rotatable bonds is 4. The van der Waals surface area contributed by atoms with E-state index in [2.05, 4.69) is 4.98 Å². The van der Waals surface area contributed by atoms with Gasteiger partial charge in [0.15, 0.2) is 0 Å². The Kier molecular flexibility index (Phi) is 3.66. The Bertz CT molecular complexity index is 483. The predicted molar refractivity (Wildman–Crippen MR) is 64.2 cm³/mol. The Labute approximate surface area is 99.1 Å². The summed E-state index contributed by atoms with van der Waals surface area (Å²) >= 11 is 0. The van der Waals surface area contributed by atoms with Crippen LogP contribution in [-0.2, 0) is 6.54 Å². The monoisotopic (exact) mass is 238 g/mol. The number of aromatic nitrogens is 2. The van der Waals surface area contributed by atoms with Gasteiger partial charge in [-0.3, -0.25) is 14.3 Å². The van der Waals surface area contributed by atoms with Gasteiger partial charge in [0.05, 0.1) is 6.07 Å². The predicted octanol–water partition coefficient (Wildman–Crippen LogP) is 1.21. The number of aromatic hydroxyl groups is 1. The third-order valence-electron chi connectivity index (χ3n) is 3.48. The molecule has 0 unspecified atom stereocenters. The van der Waals surface area contributed by atoms with Crippen LogP contribution in [0.5, 0.6) is 5.88 Å². The van der Waals surface area contributed by atoms with Crippen LogP contribution in [0, 0.1) is 5.92 Å². The second-order valence-electron chi connectivity index (χ2n) is 4.74. The zero-order chi connectivity index (χ0) is 12.3. The lowest BCUT2D eigenvalue weighted by molar-refractivity contribution is 0.381. The Hall–Kier alpha value is -1.52. The molecule has 1 aliphatic rings. The highest BCUT2D eigenvalue weighted by Crippen LogP contribution is 2.28. The molecule has 5 heteroatoms. The van der Waals surface area contributed by atoms with E-state index >= 15 is 0 Å². The fourth-order valence-electron chi connectivity index (χ4n) is 2.56. The summed E-state index contributed by atoms with van der Waals surface area (Å²) in [5.74, 6) is 0.528. The van der Waals surface area contributed by atoms with Crippen LogP contribution in [0.15, 0.2) is 15.7 Å². The highest BCUT2D eigenvalue weighted by Gasteiger charge is 2.14. The second kappa shape index (κ2) is 5.21. The summed E-state index contributed by atoms with van der Waals surface area (Å²) in [7, 11) is 0. The maximum atomic E-state index is 11.4. The van der Waals surface area contributed by atoms with Crippen molar-refractivity contribution in [1.29, 1.82) is 0 Å². The summed E-state index contributed by atoms with van der Waals surface area (Å²) < 4.78 is 1.22. The number of H-pyrrole nitrogens is 1. The molecule has 17 heavy (non-hydrogen) atoms. The lowest BCUT2D eigenvalue weighted by Crippen LogP contribution is -2.29. The van der Waals surface area contributed by atoms with Crippen LogP contribution in [0.3, 0.4) is 0 Å². The van der Waals surface area contributed by atoms with E-state index < -0.39 is 11.2 Å². The summed E-state index contributed by atoms with van der Waals surface area (Å²) in [4.78, 5) is 24.5. The average Bonchev–Trinajstić information content (AvgIpc) is 2.74. The number of nitrogens with zero attached hydrogens (tertiary/aromatic N) is 1. The van der Waals surface area contributed by atoms with Gasteiger partial charge in [-0.25, -0.2) is 4.79 Å². The van der Waals surface area contributed by atoms with Crippen LogP contribution < -0.4 is 11.2 Å². The Morgan fingerprint density at radius 3 is 2.71 bits per heavy atom. The van der Waals surface area contributed by atoms with Crippen molar-refractivity contribution >= 4 is 0 Å². The van der Waals surface area contributed by atoms with E-state index in [1.54, 1.807) is 0 Å². The molecule has 0 atom stereocenters. The Balaban J connectivity index is 1.94. The van der Waals surface area contributed by atoms with Gasteiger partial charge in [-0.05, 0) is 18.8 Å². The van der Waals surface area contributed by atoms with Crippen molar-refractivity contribution in [2.24, 2.45) is 5.92 Å². The molecule has 2 rings (SSSR count). The molecule has 0 aromatic carbocycles. The van der Waals surface area contributed by atoms with Crippen molar-refractivity contribution in [3.8, 4) is 5.88 Å². The van der Waals surface area contributed by atoms with Gasteiger partial charge in [-0.2, -0.15) is 0 Å². The highest BCUT2D eigenvalue weighted by molar-refractivity contribution is 5.05. The quantitative estimate of drug-likeness (QED) is 0.828. The molecule has 1 fully saturated rings. The molecule has 94 valence electrons. The highest BCUT2D eigenvalue weighted by atomic mass is 16.3. The Morgan fingerprint density at radius 1 is 1.35 bits per heavy atom.